The first-order valence-corrected chi connectivity index (χ1v) is 5.62. The van der Waals surface area contributed by atoms with Crippen molar-refractivity contribution < 1.29 is 9.53 Å². The van der Waals surface area contributed by atoms with E-state index < -0.39 is 0 Å². The van der Waals surface area contributed by atoms with Crippen LogP contribution in [0.15, 0.2) is 0 Å². The van der Waals surface area contributed by atoms with E-state index in [4.69, 9.17) is 10.5 Å². The molecule has 0 aromatic rings. The molecule has 0 bridgehead atoms. The zero-order chi connectivity index (χ0) is 11.4. The minimum atomic E-state index is -0.126. The van der Waals surface area contributed by atoms with Crippen LogP contribution < -0.4 is 5.73 Å². The van der Waals surface area contributed by atoms with Gasteiger partial charge in [0.2, 0.25) is 0 Å². The highest BCUT2D eigenvalue weighted by Gasteiger charge is 2.31. The van der Waals surface area contributed by atoms with Crippen LogP contribution in [0, 0.1) is 11.8 Å². The highest BCUT2D eigenvalue weighted by atomic mass is 16.5. The number of ether oxygens (including phenoxy) is 1. The summed E-state index contributed by atoms with van der Waals surface area (Å²) < 4.78 is 4.76. The zero-order valence-corrected chi connectivity index (χ0v) is 9.90. The molecule has 0 spiro atoms. The van der Waals surface area contributed by atoms with Crippen molar-refractivity contribution >= 4 is 5.97 Å². The fraction of sp³-hybridized carbons (Fsp3) is 0.909. The van der Waals surface area contributed by atoms with Crippen LogP contribution in [0.25, 0.3) is 0 Å². The number of esters is 1. The Hall–Kier alpha value is -0.610. The Morgan fingerprint density at radius 1 is 1.60 bits per heavy atom. The molecule has 1 saturated heterocycles. The molecule has 3 unspecified atom stereocenters. The molecule has 0 aliphatic carbocycles. The number of nitrogens with zero attached hydrogens (tertiary/aromatic N) is 1. The largest absolute Gasteiger partial charge is 0.469 e. The van der Waals surface area contributed by atoms with Gasteiger partial charge < -0.3 is 10.5 Å². The first-order valence-electron chi connectivity index (χ1n) is 5.62. The second-order valence-electron chi connectivity index (χ2n) is 4.44. The Labute approximate surface area is 91.8 Å². The fourth-order valence-corrected chi connectivity index (χ4v) is 2.12. The molecule has 0 radical (unpaired) electrons. The topological polar surface area (TPSA) is 55.6 Å². The van der Waals surface area contributed by atoms with Gasteiger partial charge in [-0.05, 0) is 32.4 Å². The van der Waals surface area contributed by atoms with Crippen LogP contribution in [0.3, 0.4) is 0 Å². The summed E-state index contributed by atoms with van der Waals surface area (Å²) in [5, 5.41) is 0. The van der Waals surface area contributed by atoms with Crippen molar-refractivity contribution in [3.8, 4) is 0 Å². The number of methoxy groups -OCH3 is 1. The average Bonchev–Trinajstić information content (AvgIpc) is 2.74. The minimum Gasteiger partial charge on any atom is -0.469 e. The Balaban J connectivity index is 2.47. The van der Waals surface area contributed by atoms with Crippen molar-refractivity contribution in [3.05, 3.63) is 0 Å². The van der Waals surface area contributed by atoms with Gasteiger partial charge in [-0.2, -0.15) is 0 Å². The van der Waals surface area contributed by atoms with Gasteiger partial charge in [0.15, 0.2) is 0 Å². The van der Waals surface area contributed by atoms with Gasteiger partial charge in [-0.15, -0.1) is 0 Å². The monoisotopic (exact) mass is 214 g/mol. The molecule has 88 valence electrons. The van der Waals surface area contributed by atoms with Gasteiger partial charge in [0.05, 0.1) is 13.0 Å². The molecule has 4 nitrogen and oxygen atoms in total. The molecule has 4 heteroatoms. The van der Waals surface area contributed by atoms with Gasteiger partial charge >= 0.3 is 5.97 Å². The molecule has 1 fully saturated rings. The van der Waals surface area contributed by atoms with Crippen molar-refractivity contribution in [1.29, 1.82) is 0 Å². The van der Waals surface area contributed by atoms with E-state index in [9.17, 15) is 4.79 Å². The van der Waals surface area contributed by atoms with Crippen LogP contribution in [-0.4, -0.2) is 43.7 Å². The summed E-state index contributed by atoms with van der Waals surface area (Å²) in [4.78, 5) is 13.7. The molecule has 1 aliphatic heterocycles. The van der Waals surface area contributed by atoms with E-state index in [0.29, 0.717) is 5.92 Å². The van der Waals surface area contributed by atoms with Gasteiger partial charge in [-0.3, -0.25) is 9.69 Å². The Morgan fingerprint density at radius 3 is 2.73 bits per heavy atom. The van der Waals surface area contributed by atoms with Crippen molar-refractivity contribution in [1.82, 2.24) is 4.90 Å². The highest BCUT2D eigenvalue weighted by Crippen LogP contribution is 2.21. The molecular weight excluding hydrogens is 192 g/mol. The van der Waals surface area contributed by atoms with Gasteiger partial charge in [-0.1, -0.05) is 6.92 Å². The Bertz CT molecular complexity index is 221. The maximum Gasteiger partial charge on any atom is 0.309 e. The number of rotatable bonds is 4. The quantitative estimate of drug-likeness (QED) is 0.691. The molecule has 15 heavy (non-hydrogen) atoms. The van der Waals surface area contributed by atoms with Crippen LogP contribution in [-0.2, 0) is 9.53 Å². The molecule has 0 amide bonds. The third-order valence-electron chi connectivity index (χ3n) is 3.52. The van der Waals surface area contributed by atoms with Gasteiger partial charge in [0.1, 0.15) is 0 Å². The number of likely N-dealkylation sites (tertiary alicyclic amines) is 1. The summed E-state index contributed by atoms with van der Waals surface area (Å²) in [6, 6.07) is 0.244. The lowest BCUT2D eigenvalue weighted by molar-refractivity contribution is -0.146. The van der Waals surface area contributed by atoms with E-state index >= 15 is 0 Å². The van der Waals surface area contributed by atoms with Gasteiger partial charge in [-0.25, -0.2) is 0 Å². The van der Waals surface area contributed by atoms with E-state index in [-0.39, 0.29) is 17.9 Å². The second kappa shape index (κ2) is 5.47. The summed E-state index contributed by atoms with van der Waals surface area (Å²) in [7, 11) is 1.44. The fourth-order valence-electron chi connectivity index (χ4n) is 2.12. The number of hydrogen-bond acceptors (Lipinski definition) is 4. The molecule has 1 aliphatic rings. The van der Waals surface area contributed by atoms with E-state index in [1.54, 1.807) is 0 Å². The van der Waals surface area contributed by atoms with Crippen LogP contribution in [0.4, 0.5) is 0 Å². The molecule has 1 rings (SSSR count). The smallest absolute Gasteiger partial charge is 0.309 e. The predicted molar refractivity (Wildman–Crippen MR) is 59.4 cm³/mol. The second-order valence-corrected chi connectivity index (χ2v) is 4.44. The van der Waals surface area contributed by atoms with Crippen molar-refractivity contribution in [3.63, 3.8) is 0 Å². The van der Waals surface area contributed by atoms with Crippen molar-refractivity contribution in [2.24, 2.45) is 17.6 Å². The van der Waals surface area contributed by atoms with E-state index in [2.05, 4.69) is 11.8 Å². The van der Waals surface area contributed by atoms with Gasteiger partial charge in [0.25, 0.3) is 0 Å². The molecule has 0 aromatic heterocycles. The number of nitrogens with two attached hydrogens (primary N) is 1. The van der Waals surface area contributed by atoms with Crippen LogP contribution in [0.2, 0.25) is 0 Å². The highest BCUT2D eigenvalue weighted by molar-refractivity contribution is 5.72. The molecule has 1 heterocycles. The molecular formula is C11H22N2O2. The third-order valence-corrected chi connectivity index (χ3v) is 3.52. The van der Waals surface area contributed by atoms with E-state index in [0.717, 1.165) is 26.1 Å². The van der Waals surface area contributed by atoms with Crippen LogP contribution >= 0.6 is 0 Å². The normalized spacial score (nSPS) is 26.3. The lowest BCUT2D eigenvalue weighted by Gasteiger charge is -2.28. The average molecular weight is 214 g/mol. The molecule has 0 saturated carbocycles. The maximum absolute atomic E-state index is 11.4. The number of carbonyl (C=O) groups is 1. The summed E-state index contributed by atoms with van der Waals surface area (Å²) in [6.07, 6.45) is 1.15. The number of carbonyl (C=O) groups excluding carboxylic acids is 1. The maximum atomic E-state index is 11.4. The Morgan fingerprint density at radius 2 is 2.27 bits per heavy atom. The summed E-state index contributed by atoms with van der Waals surface area (Å²) in [6.45, 7) is 6.81. The summed E-state index contributed by atoms with van der Waals surface area (Å²) in [5.41, 5.74) is 5.64. The first kappa shape index (κ1) is 12.5. The zero-order valence-electron chi connectivity index (χ0n) is 9.90. The lowest BCUT2D eigenvalue weighted by atomic mass is 10.0. The third kappa shape index (κ3) is 2.92. The SMILES string of the molecule is COC(=O)C(C)C(C)N1CCC(CN)C1. The Kier molecular flexibility index (Phi) is 4.54. The minimum absolute atomic E-state index is 0.0634. The van der Waals surface area contributed by atoms with Crippen molar-refractivity contribution in [2.75, 3.05) is 26.7 Å². The van der Waals surface area contributed by atoms with Crippen molar-refractivity contribution in [2.45, 2.75) is 26.3 Å². The van der Waals surface area contributed by atoms with E-state index in [1.165, 1.54) is 7.11 Å². The standard InChI is InChI=1S/C11H22N2O2/c1-8(11(14)15-3)9(2)13-5-4-10(6-12)7-13/h8-10H,4-7,12H2,1-3H3. The summed E-state index contributed by atoms with van der Waals surface area (Å²) in [5.74, 6) is 0.405. The van der Waals surface area contributed by atoms with Crippen LogP contribution in [0.5, 0.6) is 0 Å². The lowest BCUT2D eigenvalue weighted by Crippen LogP contribution is -2.39. The van der Waals surface area contributed by atoms with E-state index in [1.807, 2.05) is 6.92 Å². The summed E-state index contributed by atoms with van der Waals surface area (Å²) >= 11 is 0. The van der Waals surface area contributed by atoms with Gasteiger partial charge in [0, 0.05) is 12.6 Å². The molecule has 3 atom stereocenters. The molecule has 2 N–H and O–H groups in total. The molecule has 0 aromatic carbocycles. The predicted octanol–water partition coefficient (Wildman–Crippen LogP) is 0.465. The first-order chi connectivity index (χ1) is 7.10. The van der Waals surface area contributed by atoms with Crippen LogP contribution in [0.1, 0.15) is 20.3 Å². The number of hydrogen-bond donors (Lipinski definition) is 1.